The van der Waals surface area contributed by atoms with Crippen molar-refractivity contribution in [2.75, 3.05) is 26.2 Å². The van der Waals surface area contributed by atoms with Crippen molar-refractivity contribution in [3.05, 3.63) is 72.3 Å². The van der Waals surface area contributed by atoms with Gasteiger partial charge in [-0.05, 0) is 53.8 Å². The molecule has 1 heterocycles. The number of hydrogen-bond acceptors (Lipinski definition) is 3. The van der Waals surface area contributed by atoms with Crippen LogP contribution in [0, 0.1) is 5.92 Å². The zero-order chi connectivity index (χ0) is 18.4. The molecule has 4 heteroatoms. The van der Waals surface area contributed by atoms with Crippen LogP contribution in [0.2, 0.25) is 0 Å². The van der Waals surface area contributed by atoms with Crippen LogP contribution in [0.15, 0.2) is 61.2 Å². The van der Waals surface area contributed by atoms with Crippen molar-refractivity contribution < 1.29 is 9.90 Å². The third-order valence-electron chi connectivity index (χ3n) is 4.88. The Kier molecular flexibility index (Phi) is 6.21. The molecule has 1 aliphatic heterocycles. The normalized spacial score (nSPS) is 17.2. The molecule has 4 nitrogen and oxygen atoms in total. The lowest BCUT2D eigenvalue weighted by atomic mass is 10.0. The van der Waals surface area contributed by atoms with Crippen molar-refractivity contribution in [2.24, 2.45) is 5.92 Å². The molecule has 1 unspecified atom stereocenters. The van der Waals surface area contributed by atoms with Crippen LogP contribution in [-0.2, 0) is 6.61 Å². The lowest BCUT2D eigenvalue weighted by molar-refractivity contribution is 0.0947. The van der Waals surface area contributed by atoms with E-state index in [1.165, 1.54) is 0 Å². The zero-order valence-corrected chi connectivity index (χ0v) is 15.0. The maximum Gasteiger partial charge on any atom is 0.251 e. The van der Waals surface area contributed by atoms with E-state index in [1.807, 2.05) is 54.6 Å². The zero-order valence-electron chi connectivity index (χ0n) is 15.0. The van der Waals surface area contributed by atoms with E-state index in [0.717, 1.165) is 42.7 Å². The van der Waals surface area contributed by atoms with Gasteiger partial charge in [0.25, 0.3) is 5.91 Å². The Bertz CT molecular complexity index is 772. The Labute approximate surface area is 155 Å². The van der Waals surface area contributed by atoms with Gasteiger partial charge in [-0.15, -0.1) is 6.58 Å². The van der Waals surface area contributed by atoms with Crippen molar-refractivity contribution >= 4 is 5.91 Å². The summed E-state index contributed by atoms with van der Waals surface area (Å²) in [7, 11) is 0. The molecule has 2 N–H and O–H groups in total. The predicted molar refractivity (Wildman–Crippen MR) is 105 cm³/mol. The predicted octanol–water partition coefficient (Wildman–Crippen LogP) is 3.08. The summed E-state index contributed by atoms with van der Waals surface area (Å²) in [4.78, 5) is 14.9. The molecule has 0 radical (unpaired) electrons. The van der Waals surface area contributed by atoms with Crippen molar-refractivity contribution in [3.8, 4) is 11.1 Å². The van der Waals surface area contributed by atoms with E-state index < -0.39 is 0 Å². The quantitative estimate of drug-likeness (QED) is 0.755. The molecular formula is C22H26N2O2. The molecule has 0 aliphatic carbocycles. The van der Waals surface area contributed by atoms with Gasteiger partial charge in [-0.1, -0.05) is 36.4 Å². The van der Waals surface area contributed by atoms with Gasteiger partial charge in [-0.25, -0.2) is 0 Å². The second kappa shape index (κ2) is 8.79. The van der Waals surface area contributed by atoms with E-state index in [1.54, 1.807) is 0 Å². The Balaban J connectivity index is 1.62. The standard InChI is InChI=1S/C22H26N2O2/c1-2-10-24-11-9-18(15-24)14-23-22(26)21-8-4-7-20(13-21)19-6-3-5-17(12-19)16-25/h2-8,12-13,18,25H,1,9-11,14-16H2,(H,23,26). The molecule has 1 atom stereocenters. The molecule has 1 saturated heterocycles. The largest absolute Gasteiger partial charge is 0.392 e. The number of carbonyl (C=O) groups excluding carboxylic acids is 1. The van der Waals surface area contributed by atoms with Gasteiger partial charge in [-0.2, -0.15) is 0 Å². The molecular weight excluding hydrogens is 324 g/mol. The van der Waals surface area contributed by atoms with Crippen LogP contribution in [0.25, 0.3) is 11.1 Å². The maximum absolute atomic E-state index is 12.5. The summed E-state index contributed by atoms with van der Waals surface area (Å²) in [5.74, 6) is 0.468. The highest BCUT2D eigenvalue weighted by Gasteiger charge is 2.22. The molecule has 2 aromatic carbocycles. The van der Waals surface area contributed by atoms with Crippen molar-refractivity contribution in [1.82, 2.24) is 10.2 Å². The third-order valence-corrected chi connectivity index (χ3v) is 4.88. The number of likely N-dealkylation sites (tertiary alicyclic amines) is 1. The molecule has 0 bridgehead atoms. The van der Waals surface area contributed by atoms with Gasteiger partial charge in [0.2, 0.25) is 0 Å². The van der Waals surface area contributed by atoms with Gasteiger partial charge in [0.1, 0.15) is 0 Å². The summed E-state index contributed by atoms with van der Waals surface area (Å²) in [6.07, 6.45) is 3.04. The molecule has 0 aromatic heterocycles. The second-order valence-corrected chi connectivity index (χ2v) is 6.85. The highest BCUT2D eigenvalue weighted by Crippen LogP contribution is 2.22. The van der Waals surface area contributed by atoms with E-state index >= 15 is 0 Å². The number of benzene rings is 2. The number of amides is 1. The number of nitrogens with zero attached hydrogens (tertiary/aromatic N) is 1. The minimum Gasteiger partial charge on any atom is -0.392 e. The van der Waals surface area contributed by atoms with Crippen LogP contribution in [0.5, 0.6) is 0 Å². The first-order chi connectivity index (χ1) is 12.7. The fraction of sp³-hybridized carbons (Fsp3) is 0.318. The molecule has 0 saturated carbocycles. The van der Waals surface area contributed by atoms with Gasteiger partial charge in [0.05, 0.1) is 6.61 Å². The van der Waals surface area contributed by atoms with Crippen LogP contribution in [0.3, 0.4) is 0 Å². The summed E-state index contributed by atoms with van der Waals surface area (Å²) >= 11 is 0. The molecule has 3 rings (SSSR count). The minimum absolute atomic E-state index is 0.0122. The first kappa shape index (κ1) is 18.4. The van der Waals surface area contributed by atoms with E-state index in [-0.39, 0.29) is 12.5 Å². The molecule has 26 heavy (non-hydrogen) atoms. The van der Waals surface area contributed by atoms with Gasteiger partial charge < -0.3 is 10.4 Å². The molecule has 1 amide bonds. The van der Waals surface area contributed by atoms with Crippen molar-refractivity contribution in [2.45, 2.75) is 13.0 Å². The molecule has 136 valence electrons. The van der Waals surface area contributed by atoms with Gasteiger partial charge in [0, 0.05) is 25.2 Å². The van der Waals surface area contributed by atoms with E-state index in [2.05, 4.69) is 16.8 Å². The average Bonchev–Trinajstić information content (AvgIpc) is 3.14. The van der Waals surface area contributed by atoms with Crippen LogP contribution < -0.4 is 5.32 Å². The van der Waals surface area contributed by atoms with Crippen molar-refractivity contribution in [3.63, 3.8) is 0 Å². The number of aliphatic hydroxyl groups excluding tert-OH is 1. The summed E-state index contributed by atoms with van der Waals surface area (Å²) in [5, 5.41) is 12.4. The number of nitrogens with one attached hydrogen (secondary N) is 1. The first-order valence-corrected chi connectivity index (χ1v) is 9.11. The summed E-state index contributed by atoms with van der Waals surface area (Å²) in [5.41, 5.74) is 3.51. The highest BCUT2D eigenvalue weighted by atomic mass is 16.3. The van der Waals surface area contributed by atoms with Crippen LogP contribution in [-0.4, -0.2) is 42.1 Å². The molecule has 0 spiro atoms. The van der Waals surface area contributed by atoms with Crippen LogP contribution in [0.1, 0.15) is 22.3 Å². The molecule has 1 fully saturated rings. The van der Waals surface area contributed by atoms with Crippen LogP contribution >= 0.6 is 0 Å². The third kappa shape index (κ3) is 4.59. The molecule has 2 aromatic rings. The Morgan fingerprint density at radius 3 is 2.77 bits per heavy atom. The summed E-state index contributed by atoms with van der Waals surface area (Å²) in [6, 6.07) is 15.4. The summed E-state index contributed by atoms with van der Waals surface area (Å²) in [6.45, 7) is 7.50. The fourth-order valence-corrected chi connectivity index (χ4v) is 3.46. The van der Waals surface area contributed by atoms with E-state index in [4.69, 9.17) is 0 Å². The number of hydrogen-bond donors (Lipinski definition) is 2. The minimum atomic E-state index is -0.0349. The monoisotopic (exact) mass is 350 g/mol. The van der Waals surface area contributed by atoms with Gasteiger partial charge >= 0.3 is 0 Å². The Morgan fingerprint density at radius 1 is 1.23 bits per heavy atom. The van der Waals surface area contributed by atoms with Gasteiger partial charge in [-0.3, -0.25) is 9.69 Å². The summed E-state index contributed by atoms with van der Waals surface area (Å²) < 4.78 is 0. The second-order valence-electron chi connectivity index (χ2n) is 6.85. The smallest absolute Gasteiger partial charge is 0.251 e. The van der Waals surface area contributed by atoms with Gasteiger partial charge in [0.15, 0.2) is 0 Å². The fourth-order valence-electron chi connectivity index (χ4n) is 3.46. The SMILES string of the molecule is C=CCN1CCC(CNC(=O)c2cccc(-c3cccc(CO)c3)c2)C1. The maximum atomic E-state index is 12.5. The topological polar surface area (TPSA) is 52.6 Å². The number of rotatable bonds is 7. The van der Waals surface area contributed by atoms with Crippen molar-refractivity contribution in [1.29, 1.82) is 0 Å². The van der Waals surface area contributed by atoms with E-state index in [0.29, 0.717) is 18.0 Å². The Hall–Kier alpha value is -2.43. The molecule has 1 aliphatic rings. The Morgan fingerprint density at radius 2 is 2.00 bits per heavy atom. The van der Waals surface area contributed by atoms with E-state index in [9.17, 15) is 9.90 Å². The lowest BCUT2D eigenvalue weighted by Crippen LogP contribution is -2.31. The lowest BCUT2D eigenvalue weighted by Gasteiger charge is -2.14. The highest BCUT2D eigenvalue weighted by molar-refractivity contribution is 5.95. The average molecular weight is 350 g/mol. The number of carbonyl (C=O) groups is 1. The number of aliphatic hydroxyl groups is 1. The first-order valence-electron chi connectivity index (χ1n) is 9.11. The van der Waals surface area contributed by atoms with Crippen LogP contribution in [0.4, 0.5) is 0 Å².